The lowest BCUT2D eigenvalue weighted by atomic mass is 10.1. The number of Topliss-reactive ketones (excluding diaryl/α,β-unsaturated/α-hetero) is 1. The van der Waals surface area contributed by atoms with E-state index in [2.05, 4.69) is 9.97 Å². The number of hydrogen-bond donors (Lipinski definition) is 0. The molecular weight excluding hydrogens is 342 g/mol. The Hall–Kier alpha value is -2.32. The van der Waals surface area contributed by atoms with Crippen LogP contribution in [0, 0.1) is 0 Å². The summed E-state index contributed by atoms with van der Waals surface area (Å²) in [6.07, 6.45) is 5.74. The van der Waals surface area contributed by atoms with E-state index < -0.39 is 10.0 Å². The van der Waals surface area contributed by atoms with E-state index >= 15 is 0 Å². The SMILES string of the molecule is CC(=O)c1cccc(S(=O)(=O)N2CCCC(Oc3cnccn3)C2)c1. The number of piperidine rings is 1. The van der Waals surface area contributed by atoms with Crippen LogP contribution in [0.3, 0.4) is 0 Å². The maximum absolute atomic E-state index is 12.9. The topological polar surface area (TPSA) is 89.5 Å². The largest absolute Gasteiger partial charge is 0.472 e. The van der Waals surface area contributed by atoms with E-state index in [1.54, 1.807) is 18.3 Å². The Labute approximate surface area is 146 Å². The molecule has 1 unspecified atom stereocenters. The van der Waals surface area contributed by atoms with Crippen LogP contribution in [0.4, 0.5) is 0 Å². The Morgan fingerprint density at radius 1 is 1.32 bits per heavy atom. The van der Waals surface area contributed by atoms with Crippen LogP contribution in [-0.2, 0) is 10.0 Å². The first-order chi connectivity index (χ1) is 12.0. The molecule has 1 saturated heterocycles. The van der Waals surface area contributed by atoms with Crippen LogP contribution >= 0.6 is 0 Å². The van der Waals surface area contributed by atoms with Gasteiger partial charge in [-0.3, -0.25) is 9.78 Å². The normalized spacial score (nSPS) is 18.7. The molecule has 3 rings (SSSR count). The molecule has 1 aromatic carbocycles. The summed E-state index contributed by atoms with van der Waals surface area (Å²) in [5.41, 5.74) is 0.380. The second kappa shape index (κ2) is 7.28. The molecule has 2 heterocycles. The Balaban J connectivity index is 1.78. The zero-order valence-corrected chi connectivity index (χ0v) is 14.6. The molecule has 0 N–H and O–H groups in total. The first-order valence-electron chi connectivity index (χ1n) is 8.00. The van der Waals surface area contributed by atoms with Crippen molar-refractivity contribution >= 4 is 15.8 Å². The lowest BCUT2D eigenvalue weighted by Crippen LogP contribution is -2.44. The molecule has 132 valence electrons. The van der Waals surface area contributed by atoms with Crippen molar-refractivity contribution in [2.24, 2.45) is 0 Å². The van der Waals surface area contributed by atoms with Crippen LogP contribution in [-0.4, -0.2) is 47.7 Å². The Bertz CT molecular complexity index is 855. The first kappa shape index (κ1) is 17.5. The van der Waals surface area contributed by atoms with Crippen molar-refractivity contribution in [2.75, 3.05) is 13.1 Å². The molecule has 1 aromatic heterocycles. The Morgan fingerprint density at radius 2 is 2.16 bits per heavy atom. The van der Waals surface area contributed by atoms with Crippen molar-refractivity contribution in [1.29, 1.82) is 0 Å². The van der Waals surface area contributed by atoms with E-state index in [1.165, 1.54) is 35.8 Å². The molecule has 1 aliphatic rings. The van der Waals surface area contributed by atoms with Gasteiger partial charge in [0, 0.05) is 24.5 Å². The van der Waals surface area contributed by atoms with Gasteiger partial charge in [0.05, 0.1) is 17.6 Å². The minimum absolute atomic E-state index is 0.125. The minimum atomic E-state index is -3.68. The van der Waals surface area contributed by atoms with Gasteiger partial charge in [-0.15, -0.1) is 0 Å². The van der Waals surface area contributed by atoms with Crippen LogP contribution in [0.2, 0.25) is 0 Å². The number of ketones is 1. The minimum Gasteiger partial charge on any atom is -0.472 e. The number of aromatic nitrogens is 2. The van der Waals surface area contributed by atoms with E-state index in [0.29, 0.717) is 24.4 Å². The molecule has 0 bridgehead atoms. The van der Waals surface area contributed by atoms with Crippen LogP contribution in [0.5, 0.6) is 5.88 Å². The van der Waals surface area contributed by atoms with Crippen LogP contribution in [0.15, 0.2) is 47.8 Å². The summed E-state index contributed by atoms with van der Waals surface area (Å²) in [6, 6.07) is 6.12. The summed E-state index contributed by atoms with van der Waals surface area (Å²) in [6.45, 7) is 2.08. The fraction of sp³-hybridized carbons (Fsp3) is 0.353. The average Bonchev–Trinajstić information content (AvgIpc) is 2.63. The summed E-state index contributed by atoms with van der Waals surface area (Å²) in [4.78, 5) is 19.6. The third kappa shape index (κ3) is 4.02. The lowest BCUT2D eigenvalue weighted by Gasteiger charge is -2.31. The predicted molar refractivity (Wildman–Crippen MR) is 90.9 cm³/mol. The highest BCUT2D eigenvalue weighted by molar-refractivity contribution is 7.89. The van der Waals surface area contributed by atoms with Gasteiger partial charge < -0.3 is 4.74 Å². The van der Waals surface area contributed by atoms with Crippen molar-refractivity contribution in [3.8, 4) is 5.88 Å². The molecular formula is C17H19N3O4S. The smallest absolute Gasteiger partial charge is 0.243 e. The van der Waals surface area contributed by atoms with Gasteiger partial charge in [0.1, 0.15) is 6.10 Å². The number of carbonyl (C=O) groups excluding carboxylic acids is 1. The molecule has 2 aromatic rings. The highest BCUT2D eigenvalue weighted by Gasteiger charge is 2.31. The van der Waals surface area contributed by atoms with Gasteiger partial charge in [-0.1, -0.05) is 12.1 Å². The molecule has 25 heavy (non-hydrogen) atoms. The predicted octanol–water partition coefficient (Wildman–Crippen LogP) is 1.91. The molecule has 0 spiro atoms. The molecule has 0 aliphatic carbocycles. The summed E-state index contributed by atoms with van der Waals surface area (Å²) >= 11 is 0. The molecule has 0 saturated carbocycles. The monoisotopic (exact) mass is 361 g/mol. The van der Waals surface area contributed by atoms with Gasteiger partial charge in [-0.2, -0.15) is 4.31 Å². The van der Waals surface area contributed by atoms with Gasteiger partial charge >= 0.3 is 0 Å². The molecule has 1 aliphatic heterocycles. The van der Waals surface area contributed by atoms with Crippen molar-refractivity contribution in [3.63, 3.8) is 0 Å². The van der Waals surface area contributed by atoms with Crippen LogP contribution < -0.4 is 4.74 Å². The van der Waals surface area contributed by atoms with Crippen molar-refractivity contribution in [3.05, 3.63) is 48.4 Å². The number of nitrogens with zero attached hydrogens (tertiary/aromatic N) is 3. The first-order valence-corrected chi connectivity index (χ1v) is 9.44. The second-order valence-corrected chi connectivity index (χ2v) is 7.81. The van der Waals surface area contributed by atoms with E-state index in [9.17, 15) is 13.2 Å². The van der Waals surface area contributed by atoms with Crippen molar-refractivity contribution < 1.29 is 17.9 Å². The number of rotatable bonds is 5. The number of carbonyl (C=O) groups is 1. The second-order valence-electron chi connectivity index (χ2n) is 5.87. The summed E-state index contributed by atoms with van der Waals surface area (Å²) in [5, 5.41) is 0. The van der Waals surface area contributed by atoms with Crippen molar-refractivity contribution in [1.82, 2.24) is 14.3 Å². The highest BCUT2D eigenvalue weighted by Crippen LogP contribution is 2.23. The van der Waals surface area contributed by atoms with Gasteiger partial charge in [-0.25, -0.2) is 13.4 Å². The molecule has 7 nitrogen and oxygen atoms in total. The number of sulfonamides is 1. The fourth-order valence-electron chi connectivity index (χ4n) is 2.76. The van der Waals surface area contributed by atoms with E-state index in [4.69, 9.17) is 4.74 Å². The van der Waals surface area contributed by atoms with E-state index in [-0.39, 0.29) is 23.3 Å². The summed E-state index contributed by atoms with van der Waals surface area (Å²) in [5.74, 6) is 0.213. The third-order valence-corrected chi connectivity index (χ3v) is 5.91. The van der Waals surface area contributed by atoms with Gasteiger partial charge in [0.25, 0.3) is 0 Å². The molecule has 0 amide bonds. The number of hydrogen-bond acceptors (Lipinski definition) is 6. The van der Waals surface area contributed by atoms with Gasteiger partial charge in [-0.05, 0) is 31.9 Å². The van der Waals surface area contributed by atoms with Crippen LogP contribution in [0.1, 0.15) is 30.1 Å². The maximum atomic E-state index is 12.9. The molecule has 1 atom stereocenters. The Morgan fingerprint density at radius 3 is 2.88 bits per heavy atom. The number of ether oxygens (including phenoxy) is 1. The number of benzene rings is 1. The van der Waals surface area contributed by atoms with Gasteiger partial charge in [0.15, 0.2) is 5.78 Å². The zero-order valence-electron chi connectivity index (χ0n) is 13.8. The zero-order chi connectivity index (χ0) is 17.9. The third-order valence-electron chi connectivity index (χ3n) is 4.05. The lowest BCUT2D eigenvalue weighted by molar-refractivity contribution is 0.101. The summed E-state index contributed by atoms with van der Waals surface area (Å²) < 4.78 is 32.9. The highest BCUT2D eigenvalue weighted by atomic mass is 32.2. The van der Waals surface area contributed by atoms with Gasteiger partial charge in [0.2, 0.25) is 15.9 Å². The maximum Gasteiger partial charge on any atom is 0.243 e. The molecule has 1 fully saturated rings. The van der Waals surface area contributed by atoms with Crippen LogP contribution in [0.25, 0.3) is 0 Å². The van der Waals surface area contributed by atoms with Crippen molar-refractivity contribution in [2.45, 2.75) is 30.8 Å². The fourth-order valence-corrected chi connectivity index (χ4v) is 4.32. The quantitative estimate of drug-likeness (QED) is 0.756. The Kier molecular flexibility index (Phi) is 5.10. The molecule has 0 radical (unpaired) electrons. The molecule has 8 heteroatoms. The standard InChI is InChI=1S/C17H19N3O4S/c1-13(21)14-4-2-6-16(10-14)25(22,23)20-9-3-5-15(12-20)24-17-11-18-7-8-19-17/h2,4,6-8,10-11,15H,3,5,9,12H2,1H3. The summed E-state index contributed by atoms with van der Waals surface area (Å²) in [7, 11) is -3.68. The van der Waals surface area contributed by atoms with E-state index in [1.807, 2.05) is 0 Å². The van der Waals surface area contributed by atoms with E-state index in [0.717, 1.165) is 6.42 Å². The average molecular weight is 361 g/mol.